The second-order valence-electron chi connectivity index (χ2n) is 8.50. The van der Waals surface area contributed by atoms with E-state index in [9.17, 15) is 9.50 Å². The maximum atomic E-state index is 14.5. The summed E-state index contributed by atoms with van der Waals surface area (Å²) in [5.41, 5.74) is 2.41. The molecule has 2 aromatic heterocycles. The van der Waals surface area contributed by atoms with E-state index in [1.165, 1.54) is 10.9 Å². The molecule has 1 saturated carbocycles. The van der Waals surface area contributed by atoms with Crippen LogP contribution in [0.3, 0.4) is 0 Å². The van der Waals surface area contributed by atoms with Gasteiger partial charge in [0.05, 0.1) is 17.4 Å². The lowest BCUT2D eigenvalue weighted by Crippen LogP contribution is -2.27. The lowest BCUT2D eigenvalue weighted by atomic mass is 9.70. The van der Waals surface area contributed by atoms with Crippen LogP contribution in [0.2, 0.25) is 0 Å². The molecule has 0 spiro atoms. The first-order valence-corrected chi connectivity index (χ1v) is 10.5. The lowest BCUT2D eigenvalue weighted by molar-refractivity contribution is 0.178. The normalized spacial score (nSPS) is 22.7. The van der Waals surface area contributed by atoms with Gasteiger partial charge in [0.1, 0.15) is 17.6 Å². The van der Waals surface area contributed by atoms with Gasteiger partial charge in [0, 0.05) is 6.07 Å². The number of tetrazole rings is 1. The van der Waals surface area contributed by atoms with E-state index in [1.807, 2.05) is 0 Å². The molecule has 1 aliphatic rings. The summed E-state index contributed by atoms with van der Waals surface area (Å²) in [4.78, 5) is 5.66. The van der Waals surface area contributed by atoms with Gasteiger partial charge in [0.2, 0.25) is 0 Å². The molecule has 9 heteroatoms. The number of hydrogen-bond donors (Lipinski definition) is 1. The second kappa shape index (κ2) is 8.49. The molecule has 2 atom stereocenters. The number of benzene rings is 1. The van der Waals surface area contributed by atoms with Crippen LogP contribution in [0.4, 0.5) is 4.39 Å². The number of aromatic nitrogens is 7. The molecular weight excluding hydrogens is 397 g/mol. The number of hydrogen-bond acceptors (Lipinski definition) is 7. The Morgan fingerprint density at radius 1 is 1.29 bits per heavy atom. The van der Waals surface area contributed by atoms with E-state index in [0.717, 1.165) is 31.3 Å². The molecule has 0 radical (unpaired) electrons. The first-order valence-electron chi connectivity index (χ1n) is 10.5. The van der Waals surface area contributed by atoms with Gasteiger partial charge in [-0.15, -0.1) is 25.2 Å². The average molecular weight is 423 g/mol. The quantitative estimate of drug-likeness (QED) is 0.655. The Bertz CT molecular complexity index is 1100. The Morgan fingerprint density at radius 2 is 2.13 bits per heavy atom. The molecule has 2 heterocycles. The van der Waals surface area contributed by atoms with Crippen LogP contribution < -0.4 is 0 Å². The minimum Gasteiger partial charge on any atom is -0.507 e. The first-order chi connectivity index (χ1) is 14.9. The summed E-state index contributed by atoms with van der Waals surface area (Å²) in [6.45, 7) is 6.12. The molecule has 4 rings (SSSR count). The number of nitrogens with zero attached hydrogens (tertiary/aromatic N) is 7. The van der Waals surface area contributed by atoms with Crippen molar-refractivity contribution in [1.82, 2.24) is 35.4 Å². The van der Waals surface area contributed by atoms with Gasteiger partial charge >= 0.3 is 0 Å². The zero-order chi connectivity index (χ0) is 22.0. The van der Waals surface area contributed by atoms with Crippen LogP contribution in [0.5, 0.6) is 5.75 Å². The third kappa shape index (κ3) is 4.60. The van der Waals surface area contributed by atoms with Crippen LogP contribution in [-0.2, 0) is 0 Å². The van der Waals surface area contributed by atoms with Crippen LogP contribution in [0.25, 0.3) is 23.2 Å². The summed E-state index contributed by atoms with van der Waals surface area (Å²) in [7, 11) is 0. The number of halogens is 1. The summed E-state index contributed by atoms with van der Waals surface area (Å²) >= 11 is 0. The number of allylic oxidation sites excluding steroid dienone is 1. The fraction of sp³-hybridized carbons (Fsp3) is 0.455. The molecule has 3 aromatic rings. The van der Waals surface area contributed by atoms with Gasteiger partial charge < -0.3 is 5.11 Å². The summed E-state index contributed by atoms with van der Waals surface area (Å²) in [6, 6.07) is 4.92. The van der Waals surface area contributed by atoms with Crippen LogP contribution in [0.1, 0.15) is 57.5 Å². The molecule has 0 amide bonds. The molecular formula is C22H26FN7O. The number of phenolic OH excluding ortho intramolecular Hbond substituents is 1. The van der Waals surface area contributed by atoms with Crippen molar-refractivity contribution >= 4 is 6.08 Å². The number of aryl methyl sites for hydroxylation is 1. The van der Waals surface area contributed by atoms with Gasteiger partial charge in [-0.05, 0) is 67.0 Å². The summed E-state index contributed by atoms with van der Waals surface area (Å²) in [5, 5.41) is 30.6. The van der Waals surface area contributed by atoms with Crippen molar-refractivity contribution in [3.05, 3.63) is 41.5 Å². The third-order valence-electron chi connectivity index (χ3n) is 5.77. The number of phenols is 1. The molecule has 1 fully saturated rings. The van der Waals surface area contributed by atoms with Gasteiger partial charge in [0.15, 0.2) is 11.6 Å². The minimum atomic E-state index is -0.947. The van der Waals surface area contributed by atoms with Crippen LogP contribution in [0, 0.1) is 12.3 Å². The molecule has 1 aliphatic carbocycles. The van der Waals surface area contributed by atoms with E-state index < -0.39 is 6.17 Å². The van der Waals surface area contributed by atoms with Gasteiger partial charge in [0.25, 0.3) is 0 Å². The van der Waals surface area contributed by atoms with E-state index in [1.54, 1.807) is 31.3 Å². The maximum absolute atomic E-state index is 14.5. The van der Waals surface area contributed by atoms with Crippen LogP contribution >= 0.6 is 0 Å². The third-order valence-corrected chi connectivity index (χ3v) is 5.77. The van der Waals surface area contributed by atoms with Crippen molar-refractivity contribution < 1.29 is 9.50 Å². The van der Waals surface area contributed by atoms with E-state index >= 15 is 0 Å². The smallest absolute Gasteiger partial charge is 0.185 e. The Hall–Kier alpha value is -3.23. The predicted octanol–water partition coefficient (Wildman–Crippen LogP) is 4.24. The molecule has 31 heavy (non-hydrogen) atoms. The Morgan fingerprint density at radius 3 is 2.77 bits per heavy atom. The van der Waals surface area contributed by atoms with Crippen LogP contribution in [-0.4, -0.2) is 46.7 Å². The van der Waals surface area contributed by atoms with E-state index in [2.05, 4.69) is 44.4 Å². The Labute approximate surface area is 180 Å². The monoisotopic (exact) mass is 423 g/mol. The molecule has 0 bridgehead atoms. The van der Waals surface area contributed by atoms with Crippen LogP contribution in [0.15, 0.2) is 30.0 Å². The molecule has 1 aromatic carbocycles. The number of rotatable bonds is 5. The van der Waals surface area contributed by atoms with Gasteiger partial charge in [-0.25, -0.2) is 9.37 Å². The van der Waals surface area contributed by atoms with Crippen molar-refractivity contribution in [1.29, 1.82) is 0 Å². The fourth-order valence-corrected chi connectivity index (χ4v) is 4.20. The highest BCUT2D eigenvalue weighted by molar-refractivity contribution is 5.65. The van der Waals surface area contributed by atoms with Gasteiger partial charge in [-0.3, -0.25) is 0 Å². The summed E-state index contributed by atoms with van der Waals surface area (Å²) in [5.74, 6) is 0.793. The molecule has 0 saturated heterocycles. The highest BCUT2D eigenvalue weighted by Crippen LogP contribution is 2.43. The summed E-state index contributed by atoms with van der Waals surface area (Å²) in [6.07, 6.45) is 6.72. The van der Waals surface area contributed by atoms with E-state index in [-0.39, 0.29) is 17.0 Å². The van der Waals surface area contributed by atoms with Crippen molar-refractivity contribution in [3.63, 3.8) is 0 Å². The number of alkyl halides is 1. The minimum absolute atomic E-state index is 0.0215. The number of aromatic hydroxyl groups is 1. The van der Waals surface area contributed by atoms with Crippen molar-refractivity contribution in [3.8, 4) is 22.8 Å². The van der Waals surface area contributed by atoms with E-state index in [0.29, 0.717) is 29.2 Å². The fourth-order valence-electron chi connectivity index (χ4n) is 4.20. The highest BCUT2D eigenvalue weighted by Gasteiger charge is 2.33. The molecule has 8 nitrogen and oxygen atoms in total. The Balaban J connectivity index is 1.55. The second-order valence-corrected chi connectivity index (χ2v) is 8.50. The molecule has 0 unspecified atom stereocenters. The molecule has 0 aliphatic heterocycles. The highest BCUT2D eigenvalue weighted by atomic mass is 19.1. The van der Waals surface area contributed by atoms with Gasteiger partial charge in [-0.1, -0.05) is 20.3 Å². The first kappa shape index (κ1) is 21.0. The standard InChI is InChI=1S/C22H26FN7O/c1-4-8-22(3)9-7-19(23)15(12-22)10-16-13-24-21(27-26-16)18-6-5-17(11-20(18)31)30-28-14(2)25-29-30/h5-6,10-11,13,19,31H,4,7-9,12H2,1-3H3/b15-10+/t19-,22-/m1/s1. The maximum Gasteiger partial charge on any atom is 0.185 e. The zero-order valence-corrected chi connectivity index (χ0v) is 18.0. The molecule has 1 N–H and O–H groups in total. The van der Waals surface area contributed by atoms with Crippen molar-refractivity contribution in [2.45, 2.75) is 59.0 Å². The van der Waals surface area contributed by atoms with Crippen molar-refractivity contribution in [2.24, 2.45) is 5.41 Å². The Kier molecular flexibility index (Phi) is 5.75. The zero-order valence-electron chi connectivity index (χ0n) is 18.0. The average Bonchev–Trinajstić information content (AvgIpc) is 3.18. The largest absolute Gasteiger partial charge is 0.507 e. The van der Waals surface area contributed by atoms with Crippen molar-refractivity contribution in [2.75, 3.05) is 0 Å². The van der Waals surface area contributed by atoms with E-state index in [4.69, 9.17) is 0 Å². The topological polar surface area (TPSA) is 102 Å². The lowest BCUT2D eigenvalue weighted by Gasteiger charge is -2.36. The predicted molar refractivity (Wildman–Crippen MR) is 114 cm³/mol. The summed E-state index contributed by atoms with van der Waals surface area (Å²) < 4.78 is 14.5. The SMILES string of the molecule is CCC[C@]1(C)CC[C@@H](F)/C(=C/c2cnc(-c3ccc(-n4nnc(C)n4)cc3O)nn2)C1. The van der Waals surface area contributed by atoms with Gasteiger partial charge in [-0.2, -0.15) is 0 Å². The molecule has 162 valence electrons.